The van der Waals surface area contributed by atoms with Crippen molar-refractivity contribution in [3.8, 4) is 22.3 Å². The lowest BCUT2D eigenvalue weighted by atomic mass is 9.88. The first-order chi connectivity index (χ1) is 24.7. The minimum Gasteiger partial charge on any atom is -0.280 e. The van der Waals surface area contributed by atoms with Gasteiger partial charge in [-0.1, -0.05) is 158 Å². The van der Waals surface area contributed by atoms with Gasteiger partial charge in [-0.05, 0) is 113 Å². The van der Waals surface area contributed by atoms with Gasteiger partial charge in [0.25, 0.3) is 0 Å². The summed E-state index contributed by atoms with van der Waals surface area (Å²) in [6.45, 7) is 6.67. The molecule has 0 bridgehead atoms. The highest BCUT2D eigenvalue weighted by molar-refractivity contribution is 6.27. The van der Waals surface area contributed by atoms with E-state index >= 15 is 0 Å². The first-order valence-electron chi connectivity index (χ1n) is 17.3. The molecule has 9 rings (SSSR count). The fraction of sp³-hybridized carbons (Fsp3) is 0.0408. The Morgan fingerprint density at radius 2 is 1.10 bits per heavy atom. The summed E-state index contributed by atoms with van der Waals surface area (Å²) < 4.78 is 0. The van der Waals surface area contributed by atoms with Gasteiger partial charge in [-0.2, -0.15) is 0 Å². The van der Waals surface area contributed by atoms with Crippen molar-refractivity contribution in [3.63, 3.8) is 0 Å². The van der Waals surface area contributed by atoms with Crippen LogP contribution in [0.1, 0.15) is 27.8 Å². The minimum absolute atomic E-state index is 0.652. The molecule has 1 nitrogen and oxygen atoms in total. The Labute approximate surface area is 292 Å². The van der Waals surface area contributed by atoms with Crippen molar-refractivity contribution in [1.82, 2.24) is 0 Å². The molecule has 236 valence electrons. The summed E-state index contributed by atoms with van der Waals surface area (Å²) in [5.41, 5.74) is 12.1. The maximum absolute atomic E-state index is 5.15. The lowest BCUT2D eigenvalue weighted by molar-refractivity contribution is 1.05. The van der Waals surface area contributed by atoms with E-state index in [0.717, 1.165) is 11.3 Å². The highest BCUT2D eigenvalue weighted by Crippen LogP contribution is 2.40. The molecule has 0 fully saturated rings. The van der Waals surface area contributed by atoms with Crippen LogP contribution < -0.4 is 0 Å². The van der Waals surface area contributed by atoms with E-state index in [4.69, 9.17) is 4.99 Å². The molecule has 1 aliphatic heterocycles. The summed E-state index contributed by atoms with van der Waals surface area (Å²) in [7, 11) is 0. The number of aliphatic imine (C=N–C) groups is 1. The van der Waals surface area contributed by atoms with Crippen molar-refractivity contribution in [1.29, 1.82) is 0 Å². The third-order valence-corrected chi connectivity index (χ3v) is 10.4. The molecular weight excluding hydrogens is 603 g/mol. The first-order valence-corrected chi connectivity index (χ1v) is 17.3. The fourth-order valence-corrected chi connectivity index (χ4v) is 7.79. The zero-order chi connectivity index (χ0) is 33.6. The monoisotopic (exact) mass is 637 g/mol. The molecular formula is C49H35N. The smallest absolute Gasteiger partial charge is 0.0655 e. The summed E-state index contributed by atoms with van der Waals surface area (Å²) in [5.74, 6) is 0. The zero-order valence-corrected chi connectivity index (χ0v) is 28.0. The molecule has 1 aliphatic rings. The molecule has 0 saturated heterocycles. The molecule has 0 unspecified atom stereocenters. The van der Waals surface area contributed by atoms with Crippen LogP contribution in [0.2, 0.25) is 0 Å². The van der Waals surface area contributed by atoms with Crippen LogP contribution in [0, 0.1) is 6.92 Å². The second kappa shape index (κ2) is 12.3. The van der Waals surface area contributed by atoms with Crippen molar-refractivity contribution >= 4 is 61.0 Å². The summed E-state index contributed by atoms with van der Waals surface area (Å²) >= 11 is 0. The van der Waals surface area contributed by atoms with Gasteiger partial charge in [0.15, 0.2) is 0 Å². The van der Waals surface area contributed by atoms with Gasteiger partial charge in [-0.25, -0.2) is 0 Å². The van der Waals surface area contributed by atoms with E-state index < -0.39 is 0 Å². The Kier molecular flexibility index (Phi) is 7.33. The van der Waals surface area contributed by atoms with Gasteiger partial charge in [-0.15, -0.1) is 0 Å². The Morgan fingerprint density at radius 3 is 1.78 bits per heavy atom. The molecule has 1 heteroatoms. The molecule has 0 spiro atoms. The number of rotatable bonds is 5. The second-order valence-corrected chi connectivity index (χ2v) is 13.1. The summed E-state index contributed by atoms with van der Waals surface area (Å²) in [5, 5.41) is 10.1. The van der Waals surface area contributed by atoms with E-state index in [1.165, 1.54) is 87.6 Å². The van der Waals surface area contributed by atoms with Crippen LogP contribution in [-0.2, 0) is 6.54 Å². The molecule has 0 amide bonds. The first kappa shape index (κ1) is 29.8. The van der Waals surface area contributed by atoms with E-state index in [0.29, 0.717) is 6.54 Å². The molecule has 8 aromatic carbocycles. The molecule has 0 aliphatic carbocycles. The molecule has 1 heterocycles. The maximum atomic E-state index is 5.15. The van der Waals surface area contributed by atoms with E-state index in [-0.39, 0.29) is 0 Å². The lowest BCUT2D eigenvalue weighted by Crippen LogP contribution is -1.98. The zero-order valence-electron chi connectivity index (χ0n) is 28.0. The van der Waals surface area contributed by atoms with Gasteiger partial charge in [0.1, 0.15) is 0 Å². The van der Waals surface area contributed by atoms with Crippen molar-refractivity contribution in [2.45, 2.75) is 13.5 Å². The third kappa shape index (κ3) is 4.98. The Balaban J connectivity index is 1.17. The molecule has 0 aromatic heterocycles. The highest BCUT2D eigenvalue weighted by Gasteiger charge is 2.16. The van der Waals surface area contributed by atoms with Crippen molar-refractivity contribution < 1.29 is 0 Å². The lowest BCUT2D eigenvalue weighted by Gasteiger charge is -2.15. The maximum Gasteiger partial charge on any atom is 0.0655 e. The van der Waals surface area contributed by atoms with Crippen LogP contribution in [0.15, 0.2) is 169 Å². The largest absolute Gasteiger partial charge is 0.280 e. The molecule has 8 aromatic rings. The quantitative estimate of drug-likeness (QED) is 0.132. The van der Waals surface area contributed by atoms with Crippen molar-refractivity contribution in [2.24, 2.45) is 4.99 Å². The van der Waals surface area contributed by atoms with E-state index in [1.807, 2.05) is 12.2 Å². The predicted molar refractivity (Wildman–Crippen MR) is 217 cm³/mol. The summed E-state index contributed by atoms with van der Waals surface area (Å²) in [4.78, 5) is 5.15. The SMILES string of the molecule is C=C/C=C\c1ccc2c(c1C)CN=C(c1ccc3c4ccc(-c5ccc(-c6ccccc6)c6ccccc56)cc4c4ccccc4c3c1)C=C2. The normalized spacial score (nSPS) is 12.9. The van der Waals surface area contributed by atoms with Crippen LogP contribution in [0.5, 0.6) is 0 Å². The summed E-state index contributed by atoms with van der Waals surface area (Å²) in [6, 6.07) is 51.2. The van der Waals surface area contributed by atoms with Crippen LogP contribution in [0.4, 0.5) is 0 Å². The number of allylic oxidation sites excluding steroid dienone is 3. The molecule has 0 atom stereocenters. The molecule has 0 saturated carbocycles. The second-order valence-electron chi connectivity index (χ2n) is 13.1. The Morgan fingerprint density at radius 1 is 0.520 bits per heavy atom. The average molecular weight is 638 g/mol. The van der Waals surface area contributed by atoms with Crippen molar-refractivity contribution in [3.05, 3.63) is 192 Å². The topological polar surface area (TPSA) is 12.4 Å². The van der Waals surface area contributed by atoms with Gasteiger partial charge in [-0.3, -0.25) is 4.99 Å². The fourth-order valence-electron chi connectivity index (χ4n) is 7.79. The predicted octanol–water partition coefficient (Wildman–Crippen LogP) is 13.2. The number of hydrogen-bond donors (Lipinski definition) is 0. The van der Waals surface area contributed by atoms with Crippen LogP contribution in [0.25, 0.3) is 77.5 Å². The van der Waals surface area contributed by atoms with E-state index in [9.17, 15) is 0 Å². The Hall–Kier alpha value is -6.31. The molecule has 0 N–H and O–H groups in total. The number of hydrogen-bond acceptors (Lipinski definition) is 1. The Bertz CT molecular complexity index is 2720. The van der Waals surface area contributed by atoms with Gasteiger partial charge >= 0.3 is 0 Å². The van der Waals surface area contributed by atoms with Crippen molar-refractivity contribution in [2.75, 3.05) is 0 Å². The summed E-state index contributed by atoms with van der Waals surface area (Å²) in [6.07, 6.45) is 10.3. The number of fused-ring (bicyclic) bond motifs is 8. The van der Waals surface area contributed by atoms with Crippen LogP contribution >= 0.6 is 0 Å². The molecule has 50 heavy (non-hydrogen) atoms. The average Bonchev–Trinajstić information content (AvgIpc) is 3.41. The van der Waals surface area contributed by atoms with Gasteiger partial charge < -0.3 is 0 Å². The number of benzene rings is 8. The van der Waals surface area contributed by atoms with Gasteiger partial charge in [0.2, 0.25) is 0 Å². The van der Waals surface area contributed by atoms with E-state index in [2.05, 4.69) is 171 Å². The minimum atomic E-state index is 0.652. The van der Waals surface area contributed by atoms with Crippen LogP contribution in [-0.4, -0.2) is 5.71 Å². The molecule has 0 radical (unpaired) electrons. The van der Waals surface area contributed by atoms with Gasteiger partial charge in [0, 0.05) is 5.56 Å². The highest BCUT2D eigenvalue weighted by atomic mass is 14.7. The van der Waals surface area contributed by atoms with Gasteiger partial charge in [0.05, 0.1) is 12.3 Å². The van der Waals surface area contributed by atoms with Crippen LogP contribution in [0.3, 0.4) is 0 Å². The third-order valence-electron chi connectivity index (χ3n) is 10.4. The number of nitrogens with zero attached hydrogens (tertiary/aromatic N) is 1. The standard InChI is InChI=1S/C49H35N/c1-3-4-12-33-19-20-35-23-28-49(50-31-48(35)32(33)2)37-22-25-45-44-24-21-36(29-46(44)42-17-10-11-18-43(42)47(45)30-37)39-27-26-38(34-13-6-5-7-14-34)40-15-8-9-16-41(39)40/h3-30H,1,31H2,2H3/b12-4-. The van der Waals surface area contributed by atoms with E-state index in [1.54, 1.807) is 0 Å².